The molecule has 0 radical (unpaired) electrons. The van der Waals surface area contributed by atoms with Crippen LogP contribution in [0.25, 0.3) is 0 Å². The minimum Gasteiger partial charge on any atom is -0.336 e. The summed E-state index contributed by atoms with van der Waals surface area (Å²) in [6.07, 6.45) is 2.68. The van der Waals surface area contributed by atoms with Crippen LogP contribution in [0.15, 0.2) is 18.5 Å². The molecular weight excluding hydrogens is 275 g/mol. The zero-order valence-electron chi connectivity index (χ0n) is 11.8. The lowest BCUT2D eigenvalue weighted by molar-refractivity contribution is -0.132. The highest BCUT2D eigenvalue weighted by Crippen LogP contribution is 2.25. The zero-order valence-corrected chi connectivity index (χ0v) is 11.8. The first-order valence-electron chi connectivity index (χ1n) is 6.92. The number of carbonyl (C=O) groups is 2. The number of hydrogen-bond acceptors (Lipinski definition) is 4. The van der Waals surface area contributed by atoms with Gasteiger partial charge in [-0.2, -0.15) is 0 Å². The van der Waals surface area contributed by atoms with Crippen LogP contribution in [0.3, 0.4) is 0 Å². The van der Waals surface area contributed by atoms with Crippen molar-refractivity contribution >= 4 is 17.5 Å². The quantitative estimate of drug-likeness (QED) is 0.871. The zero-order chi connectivity index (χ0) is 15.0. The van der Waals surface area contributed by atoms with Crippen molar-refractivity contribution in [2.45, 2.75) is 12.5 Å². The molecule has 1 N–H and O–H groups in total. The van der Waals surface area contributed by atoms with Crippen molar-refractivity contribution in [1.82, 2.24) is 14.8 Å². The number of halogens is 1. The fourth-order valence-corrected chi connectivity index (χ4v) is 2.85. The number of nitrogens with zero attached hydrogens (tertiary/aromatic N) is 3. The number of amides is 2. The molecule has 7 heteroatoms. The average molecular weight is 292 g/mol. The van der Waals surface area contributed by atoms with E-state index in [0.717, 1.165) is 19.3 Å². The molecule has 0 aliphatic carbocycles. The second-order valence-corrected chi connectivity index (χ2v) is 5.70. The summed E-state index contributed by atoms with van der Waals surface area (Å²) in [7, 11) is 2.00. The van der Waals surface area contributed by atoms with Crippen molar-refractivity contribution in [2.24, 2.45) is 5.92 Å². The molecular formula is C14H17FN4O2. The number of carbonyl (C=O) groups excluding carboxylic acids is 2. The standard InChI is InChI=1S/C14H17FN4O2/c1-18-7-12(8-18)19-6-9(2-13(19)20)14(21)17-11-3-10(15)4-16-5-11/h3-5,9,12H,2,6-8H2,1H3,(H,17,21). The number of rotatable bonds is 3. The van der Waals surface area contributed by atoms with Gasteiger partial charge in [0, 0.05) is 32.1 Å². The molecule has 1 aromatic rings. The predicted octanol–water partition coefficient (Wildman–Crippen LogP) is 0.322. The molecule has 2 aliphatic rings. The minimum atomic E-state index is -0.505. The Bertz CT molecular complexity index is 574. The lowest BCUT2D eigenvalue weighted by atomic mass is 10.1. The Balaban J connectivity index is 1.60. The maximum atomic E-state index is 13.0. The van der Waals surface area contributed by atoms with Crippen LogP contribution in [-0.4, -0.2) is 59.3 Å². The van der Waals surface area contributed by atoms with E-state index in [-0.39, 0.29) is 30.2 Å². The topological polar surface area (TPSA) is 65.5 Å². The summed E-state index contributed by atoms with van der Waals surface area (Å²) in [6.45, 7) is 2.15. The van der Waals surface area contributed by atoms with E-state index in [1.165, 1.54) is 12.3 Å². The Morgan fingerprint density at radius 3 is 2.81 bits per heavy atom. The Hall–Kier alpha value is -2.02. The third-order valence-electron chi connectivity index (χ3n) is 3.99. The molecule has 21 heavy (non-hydrogen) atoms. The van der Waals surface area contributed by atoms with E-state index in [2.05, 4.69) is 15.2 Å². The van der Waals surface area contributed by atoms with Crippen LogP contribution in [0.5, 0.6) is 0 Å². The first-order chi connectivity index (χ1) is 10.0. The number of pyridine rings is 1. The summed E-state index contributed by atoms with van der Waals surface area (Å²) in [5.74, 6) is -1.13. The van der Waals surface area contributed by atoms with Gasteiger partial charge in [0.1, 0.15) is 5.82 Å². The fourth-order valence-electron chi connectivity index (χ4n) is 2.85. The van der Waals surface area contributed by atoms with Crippen molar-refractivity contribution in [3.05, 3.63) is 24.3 Å². The van der Waals surface area contributed by atoms with E-state index in [9.17, 15) is 14.0 Å². The SMILES string of the molecule is CN1CC(N2CC(C(=O)Nc3cncc(F)c3)CC2=O)C1. The molecule has 0 saturated carbocycles. The largest absolute Gasteiger partial charge is 0.336 e. The Morgan fingerprint density at radius 2 is 2.14 bits per heavy atom. The summed E-state index contributed by atoms with van der Waals surface area (Å²) < 4.78 is 13.0. The Labute approximate surface area is 121 Å². The maximum Gasteiger partial charge on any atom is 0.229 e. The van der Waals surface area contributed by atoms with Gasteiger partial charge in [-0.05, 0) is 7.05 Å². The second kappa shape index (κ2) is 5.40. The number of likely N-dealkylation sites (N-methyl/N-ethyl adjacent to an activating group) is 1. The molecule has 3 rings (SSSR count). The highest BCUT2D eigenvalue weighted by molar-refractivity contribution is 5.97. The maximum absolute atomic E-state index is 13.0. The van der Waals surface area contributed by atoms with Gasteiger partial charge >= 0.3 is 0 Å². The minimum absolute atomic E-state index is 0.0191. The van der Waals surface area contributed by atoms with Gasteiger partial charge in [-0.1, -0.05) is 0 Å². The molecule has 1 atom stereocenters. The molecule has 112 valence electrons. The molecule has 6 nitrogen and oxygen atoms in total. The molecule has 2 fully saturated rings. The van der Waals surface area contributed by atoms with Gasteiger partial charge in [0.05, 0.1) is 30.0 Å². The van der Waals surface area contributed by atoms with Crippen LogP contribution in [-0.2, 0) is 9.59 Å². The summed E-state index contributed by atoms with van der Waals surface area (Å²) in [5.41, 5.74) is 0.314. The first kappa shape index (κ1) is 13.9. The number of nitrogens with one attached hydrogen (secondary N) is 1. The van der Waals surface area contributed by atoms with Crippen LogP contribution in [0.4, 0.5) is 10.1 Å². The monoisotopic (exact) mass is 292 g/mol. The van der Waals surface area contributed by atoms with Crippen LogP contribution in [0.2, 0.25) is 0 Å². The van der Waals surface area contributed by atoms with Crippen LogP contribution in [0.1, 0.15) is 6.42 Å². The van der Waals surface area contributed by atoms with Crippen molar-refractivity contribution in [3.8, 4) is 0 Å². The van der Waals surface area contributed by atoms with E-state index in [0.29, 0.717) is 12.2 Å². The molecule has 1 unspecified atom stereocenters. The van der Waals surface area contributed by atoms with Gasteiger partial charge in [-0.25, -0.2) is 4.39 Å². The summed E-state index contributed by atoms with van der Waals surface area (Å²) in [6, 6.07) is 1.43. The molecule has 0 aromatic carbocycles. The fraction of sp³-hybridized carbons (Fsp3) is 0.500. The molecule has 2 amide bonds. The second-order valence-electron chi connectivity index (χ2n) is 5.70. The van der Waals surface area contributed by atoms with Crippen LogP contribution >= 0.6 is 0 Å². The van der Waals surface area contributed by atoms with Gasteiger partial charge in [0.2, 0.25) is 11.8 Å². The summed E-state index contributed by atoms with van der Waals surface area (Å²) in [4.78, 5) is 31.7. The Morgan fingerprint density at radius 1 is 1.38 bits per heavy atom. The number of anilines is 1. The molecule has 2 saturated heterocycles. The lowest BCUT2D eigenvalue weighted by Crippen LogP contribution is -2.58. The summed E-state index contributed by atoms with van der Waals surface area (Å²) >= 11 is 0. The molecule has 3 heterocycles. The normalized spacial score (nSPS) is 23.2. The lowest BCUT2D eigenvalue weighted by Gasteiger charge is -2.42. The van der Waals surface area contributed by atoms with E-state index < -0.39 is 5.82 Å². The molecule has 0 bridgehead atoms. The third-order valence-corrected chi connectivity index (χ3v) is 3.99. The molecule has 1 aromatic heterocycles. The highest BCUT2D eigenvalue weighted by atomic mass is 19.1. The number of likely N-dealkylation sites (tertiary alicyclic amines) is 2. The van der Waals surface area contributed by atoms with Crippen molar-refractivity contribution in [2.75, 3.05) is 32.0 Å². The van der Waals surface area contributed by atoms with Gasteiger partial charge in [0.15, 0.2) is 0 Å². The van der Waals surface area contributed by atoms with Crippen molar-refractivity contribution < 1.29 is 14.0 Å². The molecule has 0 spiro atoms. The van der Waals surface area contributed by atoms with Crippen molar-refractivity contribution in [3.63, 3.8) is 0 Å². The number of hydrogen-bond donors (Lipinski definition) is 1. The third kappa shape index (κ3) is 2.87. The van der Waals surface area contributed by atoms with E-state index >= 15 is 0 Å². The van der Waals surface area contributed by atoms with Gasteiger partial charge < -0.3 is 15.1 Å². The van der Waals surface area contributed by atoms with E-state index in [1.54, 1.807) is 4.90 Å². The van der Waals surface area contributed by atoms with Gasteiger partial charge in [-0.15, -0.1) is 0 Å². The average Bonchev–Trinajstić information content (AvgIpc) is 2.77. The van der Waals surface area contributed by atoms with Crippen LogP contribution in [0, 0.1) is 11.7 Å². The highest BCUT2D eigenvalue weighted by Gasteiger charge is 2.41. The summed E-state index contributed by atoms with van der Waals surface area (Å²) in [5, 5.41) is 2.62. The van der Waals surface area contributed by atoms with Gasteiger partial charge in [0.25, 0.3) is 0 Å². The van der Waals surface area contributed by atoms with Gasteiger partial charge in [-0.3, -0.25) is 14.6 Å². The Kier molecular flexibility index (Phi) is 3.59. The van der Waals surface area contributed by atoms with Crippen molar-refractivity contribution in [1.29, 1.82) is 0 Å². The smallest absolute Gasteiger partial charge is 0.229 e. The van der Waals surface area contributed by atoms with E-state index in [4.69, 9.17) is 0 Å². The predicted molar refractivity (Wildman–Crippen MR) is 73.9 cm³/mol. The van der Waals surface area contributed by atoms with E-state index in [1.807, 2.05) is 7.05 Å². The molecule has 2 aliphatic heterocycles. The number of aromatic nitrogens is 1. The van der Waals surface area contributed by atoms with Crippen LogP contribution < -0.4 is 5.32 Å². The first-order valence-corrected chi connectivity index (χ1v) is 6.92.